The Morgan fingerprint density at radius 1 is 1.00 bits per heavy atom. The standard InChI is InChI=1S/C31H32FN3O5/c1-19(2)40-31(38)28(36)17-24(15-20-9-11-22(12-10-20)21-7-5-4-6-8-21)33-30(37)27-18-26(34-35-27)25-16-23(32)13-14-29(25)39-3/h4-14,16,18-19,24,28,36H,15,17H2,1-3H3,(H,33,37)(H,34,35)/t24-,28-/m1/s1. The van der Waals surface area contributed by atoms with Gasteiger partial charge in [0.15, 0.2) is 6.10 Å². The predicted octanol–water partition coefficient (Wildman–Crippen LogP) is 4.94. The number of halogens is 1. The van der Waals surface area contributed by atoms with E-state index in [2.05, 4.69) is 15.5 Å². The molecule has 1 aromatic heterocycles. The molecule has 0 saturated heterocycles. The van der Waals surface area contributed by atoms with E-state index in [1.165, 1.54) is 31.4 Å². The third-order valence-electron chi connectivity index (χ3n) is 6.27. The number of nitrogens with one attached hydrogen (secondary N) is 2. The maximum Gasteiger partial charge on any atom is 0.335 e. The zero-order chi connectivity index (χ0) is 28.6. The van der Waals surface area contributed by atoms with Crippen molar-refractivity contribution in [2.75, 3.05) is 7.11 Å². The molecule has 0 aliphatic carbocycles. The van der Waals surface area contributed by atoms with E-state index >= 15 is 0 Å². The highest BCUT2D eigenvalue weighted by Gasteiger charge is 2.25. The fourth-order valence-electron chi connectivity index (χ4n) is 4.34. The molecular weight excluding hydrogens is 513 g/mol. The molecule has 0 spiro atoms. The molecule has 208 valence electrons. The molecule has 0 aliphatic heterocycles. The lowest BCUT2D eigenvalue weighted by Gasteiger charge is -2.22. The van der Waals surface area contributed by atoms with Crippen molar-refractivity contribution < 1.29 is 28.6 Å². The number of carbonyl (C=O) groups is 2. The largest absolute Gasteiger partial charge is 0.496 e. The number of benzene rings is 3. The van der Waals surface area contributed by atoms with Crippen LogP contribution in [-0.4, -0.2) is 52.5 Å². The number of carbonyl (C=O) groups excluding carboxylic acids is 2. The van der Waals surface area contributed by atoms with E-state index < -0.39 is 29.8 Å². The predicted molar refractivity (Wildman–Crippen MR) is 149 cm³/mol. The second kappa shape index (κ2) is 13.0. The average molecular weight is 546 g/mol. The Labute approximate surface area is 232 Å². The fraction of sp³-hybridized carbons (Fsp3) is 0.258. The van der Waals surface area contributed by atoms with Crippen molar-refractivity contribution in [3.8, 4) is 28.1 Å². The molecule has 0 fully saturated rings. The number of methoxy groups -OCH3 is 1. The molecule has 1 amide bonds. The third kappa shape index (κ3) is 7.33. The van der Waals surface area contributed by atoms with Crippen LogP contribution in [0.5, 0.6) is 5.75 Å². The molecule has 40 heavy (non-hydrogen) atoms. The lowest BCUT2D eigenvalue weighted by Crippen LogP contribution is -2.41. The Morgan fingerprint density at radius 2 is 1.70 bits per heavy atom. The summed E-state index contributed by atoms with van der Waals surface area (Å²) in [5, 5.41) is 20.3. The average Bonchev–Trinajstić information content (AvgIpc) is 3.44. The number of hydrogen-bond acceptors (Lipinski definition) is 6. The van der Waals surface area contributed by atoms with Crippen molar-refractivity contribution in [1.29, 1.82) is 0 Å². The van der Waals surface area contributed by atoms with Crippen LogP contribution in [0.1, 0.15) is 36.3 Å². The summed E-state index contributed by atoms with van der Waals surface area (Å²) in [5.41, 5.74) is 3.88. The van der Waals surface area contributed by atoms with Crippen molar-refractivity contribution in [1.82, 2.24) is 15.5 Å². The molecule has 2 atom stereocenters. The first-order valence-corrected chi connectivity index (χ1v) is 13.0. The number of aliphatic hydroxyl groups excluding tert-OH is 1. The minimum absolute atomic E-state index is 0.0591. The number of esters is 1. The highest BCUT2D eigenvalue weighted by atomic mass is 19.1. The second-order valence-corrected chi connectivity index (χ2v) is 9.69. The van der Waals surface area contributed by atoms with Crippen molar-refractivity contribution in [3.05, 3.63) is 95.9 Å². The van der Waals surface area contributed by atoms with Crippen LogP contribution in [0.15, 0.2) is 78.9 Å². The molecule has 4 rings (SSSR count). The first-order chi connectivity index (χ1) is 19.2. The lowest BCUT2D eigenvalue weighted by atomic mass is 9.97. The van der Waals surface area contributed by atoms with Gasteiger partial charge in [-0.2, -0.15) is 5.10 Å². The van der Waals surface area contributed by atoms with E-state index in [-0.39, 0.29) is 18.2 Å². The summed E-state index contributed by atoms with van der Waals surface area (Å²) in [6, 6.07) is 22.7. The van der Waals surface area contributed by atoms with E-state index in [1.807, 2.05) is 54.6 Å². The second-order valence-electron chi connectivity index (χ2n) is 9.69. The summed E-state index contributed by atoms with van der Waals surface area (Å²) in [4.78, 5) is 25.5. The van der Waals surface area contributed by atoms with Gasteiger partial charge in [0.1, 0.15) is 17.3 Å². The van der Waals surface area contributed by atoms with Gasteiger partial charge in [-0.25, -0.2) is 9.18 Å². The minimum atomic E-state index is -1.43. The Kier molecular flexibility index (Phi) is 9.29. The Hall–Kier alpha value is -4.50. The number of aromatic nitrogens is 2. The molecule has 1 heterocycles. The molecule has 4 aromatic rings. The third-order valence-corrected chi connectivity index (χ3v) is 6.27. The maximum absolute atomic E-state index is 13.9. The van der Waals surface area contributed by atoms with Crippen LogP contribution in [-0.2, 0) is 16.0 Å². The number of hydrogen-bond donors (Lipinski definition) is 3. The van der Waals surface area contributed by atoms with Crippen molar-refractivity contribution >= 4 is 11.9 Å². The molecule has 3 N–H and O–H groups in total. The van der Waals surface area contributed by atoms with Crippen LogP contribution in [0.25, 0.3) is 22.4 Å². The van der Waals surface area contributed by atoms with Gasteiger partial charge >= 0.3 is 5.97 Å². The first kappa shape index (κ1) is 28.5. The first-order valence-electron chi connectivity index (χ1n) is 13.0. The number of aliphatic hydroxyl groups is 1. The summed E-state index contributed by atoms with van der Waals surface area (Å²) in [6.45, 7) is 3.39. The van der Waals surface area contributed by atoms with Crippen molar-refractivity contribution in [2.45, 2.75) is 44.9 Å². The normalized spacial score (nSPS) is 12.6. The molecule has 3 aromatic carbocycles. The van der Waals surface area contributed by atoms with E-state index in [9.17, 15) is 19.1 Å². The number of nitrogens with zero attached hydrogens (tertiary/aromatic N) is 1. The lowest BCUT2D eigenvalue weighted by molar-refractivity contribution is -0.158. The van der Waals surface area contributed by atoms with Gasteiger partial charge in [0.25, 0.3) is 5.91 Å². The number of amides is 1. The fourth-order valence-corrected chi connectivity index (χ4v) is 4.34. The van der Waals surface area contributed by atoms with Crippen LogP contribution in [0.2, 0.25) is 0 Å². The quantitative estimate of drug-likeness (QED) is 0.230. The highest BCUT2D eigenvalue weighted by molar-refractivity contribution is 5.93. The van der Waals surface area contributed by atoms with E-state index in [0.29, 0.717) is 23.4 Å². The van der Waals surface area contributed by atoms with Crippen molar-refractivity contribution in [2.24, 2.45) is 0 Å². The van der Waals surface area contributed by atoms with Crippen LogP contribution in [0, 0.1) is 5.82 Å². The van der Waals surface area contributed by atoms with Crippen LogP contribution in [0.4, 0.5) is 4.39 Å². The van der Waals surface area contributed by atoms with Gasteiger partial charge in [-0.3, -0.25) is 9.89 Å². The number of rotatable bonds is 11. The zero-order valence-corrected chi connectivity index (χ0v) is 22.6. The Balaban J connectivity index is 1.52. The van der Waals surface area contributed by atoms with Crippen LogP contribution in [0.3, 0.4) is 0 Å². The maximum atomic E-state index is 13.9. The van der Waals surface area contributed by atoms with E-state index in [1.54, 1.807) is 13.8 Å². The van der Waals surface area contributed by atoms with Gasteiger partial charge in [-0.05, 0) is 61.2 Å². The van der Waals surface area contributed by atoms with Gasteiger partial charge in [-0.15, -0.1) is 0 Å². The highest BCUT2D eigenvalue weighted by Crippen LogP contribution is 2.29. The summed E-state index contributed by atoms with van der Waals surface area (Å²) < 4.78 is 24.3. The van der Waals surface area contributed by atoms with Crippen LogP contribution >= 0.6 is 0 Å². The molecule has 8 nitrogen and oxygen atoms in total. The summed E-state index contributed by atoms with van der Waals surface area (Å²) in [6.07, 6.45) is -1.52. The Morgan fingerprint density at radius 3 is 2.38 bits per heavy atom. The van der Waals surface area contributed by atoms with Crippen LogP contribution < -0.4 is 10.1 Å². The zero-order valence-electron chi connectivity index (χ0n) is 22.6. The monoisotopic (exact) mass is 545 g/mol. The molecule has 0 saturated carbocycles. The topological polar surface area (TPSA) is 114 Å². The van der Waals surface area contributed by atoms with Gasteiger partial charge in [0.2, 0.25) is 0 Å². The summed E-state index contributed by atoms with van der Waals surface area (Å²) in [5.74, 6) is -1.31. The van der Waals surface area contributed by atoms with Gasteiger partial charge in [0.05, 0.1) is 18.9 Å². The molecule has 0 unspecified atom stereocenters. The minimum Gasteiger partial charge on any atom is -0.496 e. The molecule has 0 radical (unpaired) electrons. The van der Waals surface area contributed by atoms with E-state index in [0.717, 1.165) is 16.7 Å². The molecule has 9 heteroatoms. The molecule has 0 bridgehead atoms. The van der Waals surface area contributed by atoms with E-state index in [4.69, 9.17) is 9.47 Å². The molecule has 0 aliphatic rings. The smallest absolute Gasteiger partial charge is 0.335 e. The molecular formula is C31H32FN3O5. The summed E-state index contributed by atoms with van der Waals surface area (Å²) >= 11 is 0. The number of ether oxygens (including phenoxy) is 2. The summed E-state index contributed by atoms with van der Waals surface area (Å²) in [7, 11) is 1.46. The number of H-pyrrole nitrogens is 1. The Bertz CT molecular complexity index is 1440. The number of aromatic amines is 1. The van der Waals surface area contributed by atoms with Gasteiger partial charge in [-0.1, -0.05) is 54.6 Å². The SMILES string of the molecule is COc1ccc(F)cc1-c1cc(C(=O)N[C@H](Cc2ccc(-c3ccccc3)cc2)C[C@@H](O)C(=O)OC(C)C)[nH]n1. The van der Waals surface area contributed by atoms with Gasteiger partial charge in [0, 0.05) is 18.0 Å². The van der Waals surface area contributed by atoms with Crippen molar-refractivity contribution in [3.63, 3.8) is 0 Å². The van der Waals surface area contributed by atoms with Gasteiger partial charge < -0.3 is 19.9 Å².